The summed E-state index contributed by atoms with van der Waals surface area (Å²) in [4.78, 5) is 2.61. The van der Waals surface area contributed by atoms with Gasteiger partial charge in [0.25, 0.3) is 0 Å². The Morgan fingerprint density at radius 1 is 1.24 bits per heavy atom. The first-order chi connectivity index (χ1) is 7.81. The number of likely N-dealkylation sites (N-methyl/N-ethyl adjacent to an activating group) is 1. The largest absolute Gasteiger partial charge is 0.312 e. The van der Waals surface area contributed by atoms with Crippen LogP contribution in [0.5, 0.6) is 0 Å². The molecule has 2 nitrogen and oxygen atoms in total. The van der Waals surface area contributed by atoms with E-state index < -0.39 is 0 Å². The van der Waals surface area contributed by atoms with Crippen molar-refractivity contribution in [3.05, 3.63) is 0 Å². The second-order valence-electron chi connectivity index (χ2n) is 7.23. The Morgan fingerprint density at radius 2 is 1.88 bits per heavy atom. The SMILES string of the molecule is CCN1CC(NCC(C)(C)C)CC(C(C)C)C1. The molecule has 1 aliphatic rings. The summed E-state index contributed by atoms with van der Waals surface area (Å²) in [5, 5.41) is 3.77. The number of nitrogens with zero attached hydrogens (tertiary/aromatic N) is 1. The Labute approximate surface area is 108 Å². The molecule has 0 radical (unpaired) electrons. The molecule has 1 saturated heterocycles. The van der Waals surface area contributed by atoms with E-state index in [0.717, 1.165) is 18.4 Å². The van der Waals surface area contributed by atoms with E-state index in [1.165, 1.54) is 26.1 Å². The second kappa shape index (κ2) is 6.19. The van der Waals surface area contributed by atoms with E-state index in [0.29, 0.717) is 11.5 Å². The van der Waals surface area contributed by atoms with Crippen LogP contribution in [0.2, 0.25) is 0 Å². The number of hydrogen-bond donors (Lipinski definition) is 1. The van der Waals surface area contributed by atoms with Gasteiger partial charge in [-0.05, 0) is 30.2 Å². The van der Waals surface area contributed by atoms with Crippen molar-refractivity contribution in [3.8, 4) is 0 Å². The number of nitrogens with one attached hydrogen (secondary N) is 1. The molecule has 0 amide bonds. The standard InChI is InChI=1S/C15H32N2/c1-7-17-9-13(12(2)3)8-14(10-17)16-11-15(4,5)6/h12-14,16H,7-11H2,1-6H3. The lowest BCUT2D eigenvalue weighted by Gasteiger charge is -2.40. The molecule has 0 bridgehead atoms. The van der Waals surface area contributed by atoms with Crippen LogP contribution in [0, 0.1) is 17.3 Å². The molecular formula is C15H32N2. The molecule has 2 atom stereocenters. The second-order valence-corrected chi connectivity index (χ2v) is 7.23. The van der Waals surface area contributed by atoms with Crippen LogP contribution in [0.15, 0.2) is 0 Å². The van der Waals surface area contributed by atoms with Crippen LogP contribution in [-0.2, 0) is 0 Å². The summed E-state index contributed by atoms with van der Waals surface area (Å²) in [7, 11) is 0. The van der Waals surface area contributed by atoms with Crippen LogP contribution in [0.3, 0.4) is 0 Å². The Kier molecular flexibility index (Phi) is 5.46. The molecule has 1 aliphatic heterocycles. The van der Waals surface area contributed by atoms with E-state index in [9.17, 15) is 0 Å². The molecule has 1 heterocycles. The zero-order valence-corrected chi connectivity index (χ0v) is 12.7. The van der Waals surface area contributed by atoms with Crippen LogP contribution < -0.4 is 5.32 Å². The molecule has 1 fully saturated rings. The van der Waals surface area contributed by atoms with E-state index in [-0.39, 0.29) is 0 Å². The van der Waals surface area contributed by atoms with Gasteiger partial charge < -0.3 is 10.2 Å². The van der Waals surface area contributed by atoms with Crippen molar-refractivity contribution < 1.29 is 0 Å². The van der Waals surface area contributed by atoms with Gasteiger partial charge in [-0.1, -0.05) is 41.5 Å². The van der Waals surface area contributed by atoms with Crippen molar-refractivity contribution >= 4 is 0 Å². The lowest BCUT2D eigenvalue weighted by atomic mass is 9.85. The van der Waals surface area contributed by atoms with Crippen molar-refractivity contribution in [2.24, 2.45) is 17.3 Å². The fraction of sp³-hybridized carbons (Fsp3) is 1.00. The van der Waals surface area contributed by atoms with Crippen molar-refractivity contribution in [3.63, 3.8) is 0 Å². The summed E-state index contributed by atoms with van der Waals surface area (Å²) < 4.78 is 0. The molecule has 1 rings (SSSR count). The summed E-state index contributed by atoms with van der Waals surface area (Å²) in [5.74, 6) is 1.67. The van der Waals surface area contributed by atoms with Gasteiger partial charge in [-0.2, -0.15) is 0 Å². The van der Waals surface area contributed by atoms with Gasteiger partial charge >= 0.3 is 0 Å². The summed E-state index contributed by atoms with van der Waals surface area (Å²) in [6.45, 7) is 18.8. The molecule has 102 valence electrons. The highest BCUT2D eigenvalue weighted by atomic mass is 15.2. The van der Waals surface area contributed by atoms with Gasteiger partial charge in [0.1, 0.15) is 0 Å². The third kappa shape index (κ3) is 5.39. The normalized spacial score (nSPS) is 27.7. The molecule has 0 aromatic heterocycles. The average Bonchev–Trinajstić information content (AvgIpc) is 2.25. The monoisotopic (exact) mass is 240 g/mol. The predicted molar refractivity (Wildman–Crippen MR) is 76.3 cm³/mol. The molecule has 17 heavy (non-hydrogen) atoms. The van der Waals surface area contributed by atoms with Crippen LogP contribution in [0.4, 0.5) is 0 Å². The molecule has 0 aliphatic carbocycles. The van der Waals surface area contributed by atoms with Gasteiger partial charge in [-0.15, -0.1) is 0 Å². The minimum Gasteiger partial charge on any atom is -0.312 e. The average molecular weight is 240 g/mol. The van der Waals surface area contributed by atoms with E-state index in [1.807, 2.05) is 0 Å². The summed E-state index contributed by atoms with van der Waals surface area (Å²) >= 11 is 0. The molecular weight excluding hydrogens is 208 g/mol. The number of piperidine rings is 1. The van der Waals surface area contributed by atoms with Crippen molar-refractivity contribution in [2.75, 3.05) is 26.2 Å². The fourth-order valence-electron chi connectivity index (χ4n) is 2.57. The maximum atomic E-state index is 3.77. The molecule has 0 aromatic carbocycles. The maximum absolute atomic E-state index is 3.77. The molecule has 0 aromatic rings. The van der Waals surface area contributed by atoms with Crippen molar-refractivity contribution in [1.82, 2.24) is 10.2 Å². The number of rotatable bonds is 4. The summed E-state index contributed by atoms with van der Waals surface area (Å²) in [6.07, 6.45) is 1.35. The smallest absolute Gasteiger partial charge is 0.0198 e. The first kappa shape index (κ1) is 15.0. The van der Waals surface area contributed by atoms with E-state index >= 15 is 0 Å². The Balaban J connectivity index is 2.48. The minimum absolute atomic E-state index is 0.391. The first-order valence-corrected chi connectivity index (χ1v) is 7.27. The van der Waals surface area contributed by atoms with Crippen LogP contribution in [0.25, 0.3) is 0 Å². The quantitative estimate of drug-likeness (QED) is 0.812. The van der Waals surface area contributed by atoms with Gasteiger partial charge in [0.15, 0.2) is 0 Å². The highest BCUT2D eigenvalue weighted by molar-refractivity contribution is 4.85. The molecule has 0 spiro atoms. The zero-order chi connectivity index (χ0) is 13.1. The highest BCUT2D eigenvalue weighted by Crippen LogP contribution is 2.24. The fourth-order valence-corrected chi connectivity index (χ4v) is 2.57. The molecule has 1 N–H and O–H groups in total. The minimum atomic E-state index is 0.391. The van der Waals surface area contributed by atoms with E-state index in [4.69, 9.17) is 0 Å². The topological polar surface area (TPSA) is 15.3 Å². The Hall–Kier alpha value is -0.0800. The van der Waals surface area contributed by atoms with Gasteiger partial charge in [0.2, 0.25) is 0 Å². The molecule has 2 unspecified atom stereocenters. The first-order valence-electron chi connectivity index (χ1n) is 7.27. The van der Waals surface area contributed by atoms with E-state index in [1.54, 1.807) is 0 Å². The summed E-state index contributed by atoms with van der Waals surface area (Å²) in [5.41, 5.74) is 0.391. The predicted octanol–water partition coefficient (Wildman–Crippen LogP) is 2.99. The number of hydrogen-bond acceptors (Lipinski definition) is 2. The summed E-state index contributed by atoms with van der Waals surface area (Å²) in [6, 6.07) is 0.690. The lowest BCUT2D eigenvalue weighted by molar-refractivity contribution is 0.116. The zero-order valence-electron chi connectivity index (χ0n) is 12.7. The van der Waals surface area contributed by atoms with Crippen LogP contribution in [0.1, 0.15) is 48.0 Å². The van der Waals surface area contributed by atoms with Crippen LogP contribution in [-0.4, -0.2) is 37.1 Å². The third-order valence-electron chi connectivity index (χ3n) is 3.87. The van der Waals surface area contributed by atoms with Gasteiger partial charge in [-0.25, -0.2) is 0 Å². The lowest BCUT2D eigenvalue weighted by Crippen LogP contribution is -2.51. The maximum Gasteiger partial charge on any atom is 0.0198 e. The Morgan fingerprint density at radius 3 is 2.35 bits per heavy atom. The van der Waals surface area contributed by atoms with Crippen LogP contribution >= 0.6 is 0 Å². The number of likely N-dealkylation sites (tertiary alicyclic amines) is 1. The Bertz CT molecular complexity index is 217. The third-order valence-corrected chi connectivity index (χ3v) is 3.87. The molecule has 2 heteroatoms. The van der Waals surface area contributed by atoms with Gasteiger partial charge in [-0.3, -0.25) is 0 Å². The van der Waals surface area contributed by atoms with Crippen molar-refractivity contribution in [2.45, 2.75) is 54.0 Å². The highest BCUT2D eigenvalue weighted by Gasteiger charge is 2.28. The molecule has 0 saturated carbocycles. The van der Waals surface area contributed by atoms with Crippen molar-refractivity contribution in [1.29, 1.82) is 0 Å². The van der Waals surface area contributed by atoms with Gasteiger partial charge in [0, 0.05) is 25.7 Å². The van der Waals surface area contributed by atoms with E-state index in [2.05, 4.69) is 51.8 Å². The van der Waals surface area contributed by atoms with Gasteiger partial charge in [0.05, 0.1) is 0 Å².